The van der Waals surface area contributed by atoms with Crippen molar-refractivity contribution in [2.75, 3.05) is 7.05 Å². The van der Waals surface area contributed by atoms with Crippen LogP contribution in [0.1, 0.15) is 33.9 Å². The SMILES string of the molecule is CN1N=C(C(N)=O)C(c2ncc(C(O)c3cccc(F)c3)s2)CC1=O. The molecule has 1 aromatic heterocycles. The van der Waals surface area contributed by atoms with E-state index in [0.29, 0.717) is 15.4 Å². The lowest BCUT2D eigenvalue weighted by Crippen LogP contribution is -2.39. The van der Waals surface area contributed by atoms with Crippen molar-refractivity contribution in [3.05, 3.63) is 51.7 Å². The molecule has 0 radical (unpaired) electrons. The second-order valence-electron chi connectivity index (χ2n) is 5.58. The number of carbonyl (C=O) groups is 2. The molecule has 7 nitrogen and oxygen atoms in total. The highest BCUT2D eigenvalue weighted by molar-refractivity contribution is 7.12. The van der Waals surface area contributed by atoms with Crippen LogP contribution in [0.15, 0.2) is 35.6 Å². The standard InChI is InChI=1S/C16H15FN4O3S/c1-21-12(22)6-10(13(20-21)15(18)24)16-19-7-11(25-16)14(23)8-3-2-4-9(17)5-8/h2-5,7,10,14,23H,6H2,1H3,(H2,18,24). The number of nitrogens with two attached hydrogens (primary N) is 1. The molecule has 3 N–H and O–H groups in total. The number of thiazole rings is 1. The molecule has 2 amide bonds. The van der Waals surface area contributed by atoms with Crippen molar-refractivity contribution >= 4 is 28.9 Å². The van der Waals surface area contributed by atoms with Crippen LogP contribution < -0.4 is 5.73 Å². The van der Waals surface area contributed by atoms with Gasteiger partial charge in [-0.2, -0.15) is 5.10 Å². The number of hydrogen-bond acceptors (Lipinski definition) is 6. The molecule has 2 aromatic rings. The molecule has 1 aliphatic rings. The number of primary amides is 1. The Morgan fingerprint density at radius 2 is 2.28 bits per heavy atom. The fourth-order valence-corrected chi connectivity index (χ4v) is 3.58. The topological polar surface area (TPSA) is 109 Å². The highest BCUT2D eigenvalue weighted by Gasteiger charge is 2.34. The van der Waals surface area contributed by atoms with E-state index < -0.39 is 23.7 Å². The number of carbonyl (C=O) groups excluding carboxylic acids is 2. The fraction of sp³-hybridized carbons (Fsp3) is 0.250. The third-order valence-electron chi connectivity index (χ3n) is 3.85. The lowest BCUT2D eigenvalue weighted by molar-refractivity contribution is -0.130. The van der Waals surface area contributed by atoms with Gasteiger partial charge in [0.2, 0.25) is 5.91 Å². The summed E-state index contributed by atoms with van der Waals surface area (Å²) in [6, 6.07) is 5.62. The second-order valence-corrected chi connectivity index (χ2v) is 6.68. The first-order valence-corrected chi connectivity index (χ1v) is 8.22. The molecule has 9 heteroatoms. The number of aliphatic hydroxyl groups is 1. The van der Waals surface area contributed by atoms with Crippen molar-refractivity contribution in [2.24, 2.45) is 10.8 Å². The molecule has 2 heterocycles. The normalized spacial score (nSPS) is 18.8. The summed E-state index contributed by atoms with van der Waals surface area (Å²) in [7, 11) is 1.45. The van der Waals surface area contributed by atoms with Gasteiger partial charge in [-0.05, 0) is 17.7 Å². The molecule has 2 unspecified atom stereocenters. The largest absolute Gasteiger partial charge is 0.383 e. The molecule has 0 saturated carbocycles. The van der Waals surface area contributed by atoms with Crippen molar-refractivity contribution < 1.29 is 19.1 Å². The van der Waals surface area contributed by atoms with Crippen LogP contribution in [0.4, 0.5) is 4.39 Å². The summed E-state index contributed by atoms with van der Waals surface area (Å²) < 4.78 is 13.3. The Labute approximate surface area is 146 Å². The molecule has 0 saturated heterocycles. The molecular formula is C16H15FN4O3S. The van der Waals surface area contributed by atoms with Gasteiger partial charge < -0.3 is 10.8 Å². The summed E-state index contributed by atoms with van der Waals surface area (Å²) in [5.41, 5.74) is 5.79. The molecule has 3 rings (SSSR count). The van der Waals surface area contributed by atoms with E-state index in [4.69, 9.17) is 5.73 Å². The van der Waals surface area contributed by atoms with Crippen LogP contribution >= 0.6 is 11.3 Å². The monoisotopic (exact) mass is 362 g/mol. The molecule has 25 heavy (non-hydrogen) atoms. The third kappa shape index (κ3) is 3.42. The Kier molecular flexibility index (Phi) is 4.60. The van der Waals surface area contributed by atoms with E-state index in [1.807, 2.05) is 0 Å². The first kappa shape index (κ1) is 17.2. The number of hydrogen-bond donors (Lipinski definition) is 2. The Hall–Kier alpha value is -2.65. The van der Waals surface area contributed by atoms with Gasteiger partial charge in [0.25, 0.3) is 5.91 Å². The number of halogens is 1. The Morgan fingerprint density at radius 3 is 2.96 bits per heavy atom. The summed E-state index contributed by atoms with van der Waals surface area (Å²) in [6.45, 7) is 0. The van der Waals surface area contributed by atoms with Crippen molar-refractivity contribution in [1.82, 2.24) is 9.99 Å². The van der Waals surface area contributed by atoms with Crippen LogP contribution in [-0.4, -0.2) is 39.7 Å². The number of benzene rings is 1. The van der Waals surface area contributed by atoms with E-state index in [1.54, 1.807) is 6.07 Å². The molecule has 130 valence electrons. The quantitative estimate of drug-likeness (QED) is 0.850. The maximum atomic E-state index is 13.3. The lowest BCUT2D eigenvalue weighted by Gasteiger charge is -2.24. The van der Waals surface area contributed by atoms with Gasteiger partial charge in [-0.15, -0.1) is 11.3 Å². The van der Waals surface area contributed by atoms with Gasteiger partial charge in [0.05, 0.1) is 10.8 Å². The molecule has 0 bridgehead atoms. The number of hydrazone groups is 1. The summed E-state index contributed by atoms with van der Waals surface area (Å²) in [5.74, 6) is -2.10. The third-order valence-corrected chi connectivity index (χ3v) is 5.02. The van der Waals surface area contributed by atoms with Crippen LogP contribution in [0, 0.1) is 5.82 Å². The average molecular weight is 362 g/mol. The van der Waals surface area contributed by atoms with Crippen LogP contribution in [0.2, 0.25) is 0 Å². The van der Waals surface area contributed by atoms with E-state index >= 15 is 0 Å². The Bertz CT molecular complexity index is 867. The number of aliphatic hydroxyl groups excluding tert-OH is 1. The maximum absolute atomic E-state index is 13.3. The molecule has 2 atom stereocenters. The summed E-state index contributed by atoms with van der Waals surface area (Å²) in [5, 5.41) is 15.9. The zero-order valence-electron chi connectivity index (χ0n) is 13.2. The minimum Gasteiger partial charge on any atom is -0.383 e. The van der Waals surface area contributed by atoms with Gasteiger partial charge in [0.15, 0.2) is 0 Å². The van der Waals surface area contributed by atoms with Crippen molar-refractivity contribution in [3.8, 4) is 0 Å². The highest BCUT2D eigenvalue weighted by Crippen LogP contribution is 2.34. The number of aromatic nitrogens is 1. The minimum atomic E-state index is -1.06. The summed E-state index contributed by atoms with van der Waals surface area (Å²) >= 11 is 1.13. The second kappa shape index (κ2) is 6.69. The molecule has 1 aliphatic heterocycles. The zero-order valence-corrected chi connectivity index (χ0v) is 14.0. The van der Waals surface area contributed by atoms with Gasteiger partial charge >= 0.3 is 0 Å². The van der Waals surface area contributed by atoms with Gasteiger partial charge in [0.1, 0.15) is 22.6 Å². The first-order valence-electron chi connectivity index (χ1n) is 7.41. The number of amides is 2. The van der Waals surface area contributed by atoms with Crippen molar-refractivity contribution in [1.29, 1.82) is 0 Å². The Morgan fingerprint density at radius 1 is 1.52 bits per heavy atom. The van der Waals surface area contributed by atoms with Crippen molar-refractivity contribution in [3.63, 3.8) is 0 Å². The Balaban J connectivity index is 1.91. The van der Waals surface area contributed by atoms with Gasteiger partial charge in [0, 0.05) is 19.7 Å². The minimum absolute atomic E-state index is 0.0152. The van der Waals surface area contributed by atoms with Crippen molar-refractivity contribution in [2.45, 2.75) is 18.4 Å². The summed E-state index contributed by atoms with van der Waals surface area (Å²) in [6.07, 6.45) is 0.399. The predicted octanol–water partition coefficient (Wildman–Crippen LogP) is 1.15. The average Bonchev–Trinajstić information content (AvgIpc) is 3.06. The van der Waals surface area contributed by atoms with Gasteiger partial charge in [-0.1, -0.05) is 12.1 Å². The molecule has 0 fully saturated rings. The molecular weight excluding hydrogens is 347 g/mol. The van der Waals surface area contributed by atoms with E-state index in [2.05, 4.69) is 10.1 Å². The maximum Gasteiger partial charge on any atom is 0.265 e. The van der Waals surface area contributed by atoms with Crippen LogP contribution in [-0.2, 0) is 9.59 Å². The zero-order chi connectivity index (χ0) is 18.1. The van der Waals surface area contributed by atoms with Crippen LogP contribution in [0.3, 0.4) is 0 Å². The van der Waals surface area contributed by atoms with E-state index in [0.717, 1.165) is 16.3 Å². The first-order chi connectivity index (χ1) is 11.9. The smallest absolute Gasteiger partial charge is 0.265 e. The van der Waals surface area contributed by atoms with Crippen LogP contribution in [0.5, 0.6) is 0 Å². The number of nitrogens with zero attached hydrogens (tertiary/aromatic N) is 3. The van der Waals surface area contributed by atoms with Gasteiger partial charge in [-0.3, -0.25) is 9.59 Å². The van der Waals surface area contributed by atoms with Crippen LogP contribution in [0.25, 0.3) is 0 Å². The van der Waals surface area contributed by atoms with Gasteiger partial charge in [-0.25, -0.2) is 14.4 Å². The fourth-order valence-electron chi connectivity index (χ4n) is 2.54. The number of rotatable bonds is 4. The van der Waals surface area contributed by atoms with E-state index in [1.165, 1.54) is 31.4 Å². The lowest BCUT2D eigenvalue weighted by atomic mass is 9.97. The summed E-state index contributed by atoms with van der Waals surface area (Å²) in [4.78, 5) is 28.2. The van der Waals surface area contributed by atoms with E-state index in [9.17, 15) is 19.1 Å². The van der Waals surface area contributed by atoms with E-state index in [-0.39, 0.29) is 18.0 Å². The predicted molar refractivity (Wildman–Crippen MR) is 89.3 cm³/mol. The highest BCUT2D eigenvalue weighted by atomic mass is 32.1. The molecule has 0 spiro atoms. The molecule has 0 aliphatic carbocycles. The molecule has 1 aromatic carbocycles.